The SMILES string of the molecule is O=C(O)CCCC=CCC1C(=O)C[C@@H](C[N+](=O)[O-])C1C=CCCCCCCO. The molecule has 1 saturated carbocycles. The van der Waals surface area contributed by atoms with Crippen LogP contribution in [0.5, 0.6) is 0 Å². The summed E-state index contributed by atoms with van der Waals surface area (Å²) >= 11 is 0. The molecular weight excluding hydrogens is 362 g/mol. The molecule has 158 valence electrons. The zero-order chi connectivity index (χ0) is 20.8. The molecule has 1 aliphatic rings. The van der Waals surface area contributed by atoms with Crippen LogP contribution in [0.4, 0.5) is 0 Å². The highest BCUT2D eigenvalue weighted by atomic mass is 16.6. The molecule has 28 heavy (non-hydrogen) atoms. The normalized spacial score (nSPS) is 22.5. The molecule has 0 aromatic carbocycles. The molecule has 7 heteroatoms. The maximum Gasteiger partial charge on any atom is 0.303 e. The first-order valence-electron chi connectivity index (χ1n) is 10.2. The van der Waals surface area contributed by atoms with E-state index in [2.05, 4.69) is 0 Å². The molecule has 2 N–H and O–H groups in total. The molecule has 1 fully saturated rings. The summed E-state index contributed by atoms with van der Waals surface area (Å²) in [6, 6.07) is 0. The van der Waals surface area contributed by atoms with Gasteiger partial charge in [0.05, 0.1) is 0 Å². The molecule has 1 rings (SSSR count). The molecule has 0 saturated heterocycles. The van der Waals surface area contributed by atoms with Crippen molar-refractivity contribution in [3.63, 3.8) is 0 Å². The summed E-state index contributed by atoms with van der Waals surface area (Å²) in [5.74, 6) is -1.33. The van der Waals surface area contributed by atoms with Gasteiger partial charge in [-0.05, 0) is 44.4 Å². The van der Waals surface area contributed by atoms with Crippen LogP contribution >= 0.6 is 0 Å². The van der Waals surface area contributed by atoms with Gasteiger partial charge in [-0.15, -0.1) is 0 Å². The van der Waals surface area contributed by atoms with Crippen LogP contribution in [0.3, 0.4) is 0 Å². The fourth-order valence-electron chi connectivity index (χ4n) is 3.76. The van der Waals surface area contributed by atoms with Crippen LogP contribution in [0.15, 0.2) is 24.3 Å². The summed E-state index contributed by atoms with van der Waals surface area (Å²) in [7, 11) is 0. The molecule has 0 radical (unpaired) electrons. The number of ketones is 1. The van der Waals surface area contributed by atoms with Gasteiger partial charge < -0.3 is 10.2 Å². The maximum atomic E-state index is 12.4. The topological polar surface area (TPSA) is 118 Å². The third kappa shape index (κ3) is 9.78. The first-order chi connectivity index (χ1) is 13.5. The van der Waals surface area contributed by atoms with E-state index < -0.39 is 5.97 Å². The summed E-state index contributed by atoms with van der Waals surface area (Å²) in [6.45, 7) is 0.0319. The lowest BCUT2D eigenvalue weighted by Gasteiger charge is -2.17. The summed E-state index contributed by atoms with van der Waals surface area (Å²) in [4.78, 5) is 33.5. The largest absolute Gasteiger partial charge is 0.481 e. The zero-order valence-corrected chi connectivity index (χ0v) is 16.5. The Balaban J connectivity index is 2.57. The van der Waals surface area contributed by atoms with Gasteiger partial charge in [0, 0.05) is 36.2 Å². The van der Waals surface area contributed by atoms with Crippen LogP contribution in [0, 0.1) is 27.9 Å². The number of carbonyl (C=O) groups excluding carboxylic acids is 1. The Labute approximate surface area is 166 Å². The molecule has 1 aliphatic carbocycles. The van der Waals surface area contributed by atoms with Crippen molar-refractivity contribution < 1.29 is 24.7 Å². The van der Waals surface area contributed by atoms with Crippen LogP contribution in [-0.2, 0) is 9.59 Å². The first kappa shape index (κ1) is 24.0. The highest BCUT2D eigenvalue weighted by molar-refractivity contribution is 5.84. The summed E-state index contributed by atoms with van der Waals surface area (Å²) in [5, 5.41) is 28.4. The van der Waals surface area contributed by atoms with Crippen molar-refractivity contribution >= 4 is 11.8 Å². The van der Waals surface area contributed by atoms with Crippen LogP contribution < -0.4 is 0 Å². The smallest absolute Gasteiger partial charge is 0.303 e. The van der Waals surface area contributed by atoms with Gasteiger partial charge in [-0.1, -0.05) is 37.1 Å². The molecule has 0 amide bonds. The number of nitro groups is 1. The molecule has 2 unspecified atom stereocenters. The number of aliphatic hydroxyl groups excluding tert-OH is 1. The van der Waals surface area contributed by atoms with Crippen LogP contribution in [-0.4, -0.2) is 40.0 Å². The number of Topliss-reactive ketones (excluding diaryl/α,β-unsaturated/α-hetero) is 1. The van der Waals surface area contributed by atoms with E-state index in [-0.39, 0.29) is 54.5 Å². The van der Waals surface area contributed by atoms with Crippen LogP contribution in [0.1, 0.15) is 64.2 Å². The van der Waals surface area contributed by atoms with Crippen molar-refractivity contribution in [2.45, 2.75) is 64.2 Å². The molecule has 0 spiro atoms. The quantitative estimate of drug-likeness (QED) is 0.188. The minimum atomic E-state index is -0.816. The molecule has 7 nitrogen and oxygen atoms in total. The second kappa shape index (κ2) is 14.0. The van der Waals surface area contributed by atoms with Gasteiger partial charge in [-0.25, -0.2) is 0 Å². The number of rotatable bonds is 15. The Hall–Kier alpha value is -2.02. The average Bonchev–Trinajstić information content (AvgIpc) is 2.91. The molecular formula is C21H33NO6. The van der Waals surface area contributed by atoms with Gasteiger partial charge >= 0.3 is 5.97 Å². The van der Waals surface area contributed by atoms with Crippen molar-refractivity contribution in [1.82, 2.24) is 0 Å². The third-order valence-corrected chi connectivity index (χ3v) is 5.22. The number of carboxylic acids is 1. The first-order valence-corrected chi connectivity index (χ1v) is 10.2. The minimum absolute atomic E-state index is 0.0830. The fraction of sp³-hybridized carbons (Fsp3) is 0.714. The molecule has 0 aromatic rings. The predicted octanol–water partition coefficient (Wildman–Crippen LogP) is 3.78. The van der Waals surface area contributed by atoms with Gasteiger partial charge in [0.25, 0.3) is 0 Å². The Morgan fingerprint density at radius 3 is 2.50 bits per heavy atom. The Kier molecular flexibility index (Phi) is 12.0. The predicted molar refractivity (Wildman–Crippen MR) is 107 cm³/mol. The Morgan fingerprint density at radius 2 is 1.82 bits per heavy atom. The van der Waals surface area contributed by atoms with E-state index in [0.29, 0.717) is 19.3 Å². The number of unbranched alkanes of at least 4 members (excludes halogenated alkanes) is 5. The van der Waals surface area contributed by atoms with Gasteiger partial charge in [0.15, 0.2) is 0 Å². The minimum Gasteiger partial charge on any atom is -0.481 e. The monoisotopic (exact) mass is 395 g/mol. The number of aliphatic hydroxyl groups is 1. The van der Waals surface area contributed by atoms with E-state index in [9.17, 15) is 19.7 Å². The zero-order valence-electron chi connectivity index (χ0n) is 16.5. The van der Waals surface area contributed by atoms with Gasteiger partial charge in [0.2, 0.25) is 6.54 Å². The number of aliphatic carboxylic acids is 1. The number of nitrogens with zero attached hydrogens (tertiary/aromatic N) is 1. The third-order valence-electron chi connectivity index (χ3n) is 5.22. The number of carbonyl (C=O) groups is 2. The second-order valence-corrected chi connectivity index (χ2v) is 7.48. The Bertz CT molecular complexity index is 557. The fourth-order valence-corrected chi connectivity index (χ4v) is 3.76. The van der Waals surface area contributed by atoms with Crippen LogP contribution in [0.2, 0.25) is 0 Å². The number of hydrogen-bond acceptors (Lipinski definition) is 5. The lowest BCUT2D eigenvalue weighted by molar-refractivity contribution is -0.489. The van der Waals surface area contributed by atoms with E-state index in [1.807, 2.05) is 24.3 Å². The number of allylic oxidation sites excluding steroid dienone is 4. The van der Waals surface area contributed by atoms with Gasteiger partial charge in [-0.2, -0.15) is 0 Å². The number of hydrogen-bond donors (Lipinski definition) is 2. The van der Waals surface area contributed by atoms with E-state index in [4.69, 9.17) is 10.2 Å². The average molecular weight is 395 g/mol. The molecule has 0 aromatic heterocycles. The summed E-state index contributed by atoms with van der Waals surface area (Å²) < 4.78 is 0. The number of carboxylic acid groups (broad SMARTS) is 1. The highest BCUT2D eigenvalue weighted by Gasteiger charge is 2.42. The van der Waals surface area contributed by atoms with E-state index in [1.54, 1.807) is 0 Å². The molecule has 0 heterocycles. The molecule has 3 atom stereocenters. The summed E-state index contributed by atoms with van der Waals surface area (Å²) in [5.41, 5.74) is 0. The Morgan fingerprint density at radius 1 is 1.11 bits per heavy atom. The lowest BCUT2D eigenvalue weighted by atomic mass is 9.86. The standard InChI is InChI=1S/C21H33NO6/c23-14-10-6-2-1-3-7-11-18-17(16-22(27)28)15-20(24)19(18)12-8-4-5-9-13-21(25)26/h4,7-8,11,17-19,23H,1-3,5-6,9-10,12-16H2,(H,25,26)/t17-,18?,19?/m0/s1. The molecule has 0 bridgehead atoms. The van der Waals surface area contributed by atoms with Crippen molar-refractivity contribution in [3.05, 3.63) is 34.4 Å². The maximum absolute atomic E-state index is 12.4. The van der Waals surface area contributed by atoms with Gasteiger partial charge in [0.1, 0.15) is 5.78 Å². The van der Waals surface area contributed by atoms with Crippen molar-refractivity contribution in [1.29, 1.82) is 0 Å². The molecule has 0 aliphatic heterocycles. The van der Waals surface area contributed by atoms with Crippen molar-refractivity contribution in [2.24, 2.45) is 17.8 Å². The van der Waals surface area contributed by atoms with E-state index in [0.717, 1.165) is 32.1 Å². The van der Waals surface area contributed by atoms with Crippen molar-refractivity contribution in [2.75, 3.05) is 13.2 Å². The van der Waals surface area contributed by atoms with E-state index in [1.165, 1.54) is 0 Å². The lowest BCUT2D eigenvalue weighted by Crippen LogP contribution is -2.20. The van der Waals surface area contributed by atoms with Crippen molar-refractivity contribution in [3.8, 4) is 0 Å². The van der Waals surface area contributed by atoms with Crippen LogP contribution in [0.25, 0.3) is 0 Å². The van der Waals surface area contributed by atoms with E-state index >= 15 is 0 Å². The van der Waals surface area contributed by atoms with Gasteiger partial charge in [-0.3, -0.25) is 19.7 Å². The second-order valence-electron chi connectivity index (χ2n) is 7.48. The highest BCUT2D eigenvalue weighted by Crippen LogP contribution is 2.38. The summed E-state index contributed by atoms with van der Waals surface area (Å²) in [6.07, 6.45) is 14.7.